The van der Waals surface area contributed by atoms with Crippen LogP contribution in [-0.2, 0) is 5.75 Å². The Balaban J connectivity index is 2.10. The summed E-state index contributed by atoms with van der Waals surface area (Å²) in [5.74, 6) is 1.47. The van der Waals surface area contributed by atoms with E-state index in [9.17, 15) is 10.1 Å². The molecule has 0 aliphatic carbocycles. The number of benzene rings is 2. The molecule has 0 N–H and O–H groups in total. The van der Waals surface area contributed by atoms with E-state index in [4.69, 9.17) is 4.74 Å². The first-order valence-electron chi connectivity index (χ1n) is 5.80. The summed E-state index contributed by atoms with van der Waals surface area (Å²) in [5, 5.41) is 10.9. The molecule has 2 aromatic rings. The first-order chi connectivity index (χ1) is 9.60. The van der Waals surface area contributed by atoms with Gasteiger partial charge in [0.15, 0.2) is 0 Å². The van der Waals surface area contributed by atoms with Gasteiger partial charge in [-0.25, -0.2) is 0 Å². The van der Waals surface area contributed by atoms with E-state index in [1.165, 1.54) is 0 Å². The minimum absolute atomic E-state index is 0.0914. The van der Waals surface area contributed by atoms with Crippen molar-refractivity contribution < 1.29 is 9.66 Å². The molecule has 0 radical (unpaired) electrons. The van der Waals surface area contributed by atoms with E-state index in [1.807, 2.05) is 30.3 Å². The van der Waals surface area contributed by atoms with Crippen LogP contribution in [0.1, 0.15) is 5.56 Å². The number of ether oxygens (including phenoxy) is 1. The van der Waals surface area contributed by atoms with Crippen molar-refractivity contribution in [3.63, 3.8) is 0 Å². The largest absolute Gasteiger partial charge is 0.497 e. The van der Waals surface area contributed by atoms with Gasteiger partial charge in [0.2, 0.25) is 0 Å². The molecule has 0 bridgehead atoms. The highest BCUT2D eigenvalue weighted by Gasteiger charge is 2.12. The zero-order valence-electron chi connectivity index (χ0n) is 10.7. The van der Waals surface area contributed by atoms with Crippen molar-refractivity contribution in [3.8, 4) is 5.75 Å². The van der Waals surface area contributed by atoms with Crippen LogP contribution in [0.2, 0.25) is 0 Å². The van der Waals surface area contributed by atoms with Crippen molar-refractivity contribution in [2.75, 3.05) is 7.11 Å². The number of rotatable bonds is 5. The molecule has 104 valence electrons. The molecular formula is C14H12BrNO3S. The Kier molecular flexibility index (Phi) is 5.03. The predicted molar refractivity (Wildman–Crippen MR) is 83.4 cm³/mol. The molecule has 0 atom stereocenters. The molecule has 6 heteroatoms. The van der Waals surface area contributed by atoms with Gasteiger partial charge in [-0.15, -0.1) is 11.8 Å². The van der Waals surface area contributed by atoms with Crippen LogP contribution < -0.4 is 4.74 Å². The van der Waals surface area contributed by atoms with Crippen LogP contribution in [-0.4, -0.2) is 12.0 Å². The lowest BCUT2D eigenvalue weighted by Gasteiger charge is -2.05. The number of nitro benzene ring substituents is 1. The Labute approximate surface area is 129 Å². The number of halogens is 1. The number of methoxy groups -OCH3 is 1. The number of nitro groups is 1. The Morgan fingerprint density at radius 1 is 1.30 bits per heavy atom. The van der Waals surface area contributed by atoms with Gasteiger partial charge in [0, 0.05) is 16.7 Å². The van der Waals surface area contributed by atoms with Crippen LogP contribution in [0.4, 0.5) is 5.69 Å². The van der Waals surface area contributed by atoms with Crippen LogP contribution in [0.3, 0.4) is 0 Å². The van der Waals surface area contributed by atoms with Gasteiger partial charge in [0.1, 0.15) is 5.75 Å². The lowest BCUT2D eigenvalue weighted by atomic mass is 10.2. The maximum atomic E-state index is 10.9. The van der Waals surface area contributed by atoms with Gasteiger partial charge in [-0.1, -0.05) is 12.1 Å². The quantitative estimate of drug-likeness (QED) is 0.445. The second-order valence-electron chi connectivity index (χ2n) is 4.01. The standard InChI is InChI=1S/C14H12BrNO3S/c1-19-11-3-2-4-12(8-11)20-9-10-5-6-13(15)14(7-10)16(17)18/h2-8H,9H2,1H3. The Hall–Kier alpha value is -1.53. The summed E-state index contributed by atoms with van der Waals surface area (Å²) in [6.07, 6.45) is 0. The SMILES string of the molecule is COc1cccc(SCc2ccc(Br)c([N+](=O)[O-])c2)c1. The molecule has 0 aliphatic heterocycles. The first kappa shape index (κ1) is 14.9. The zero-order valence-corrected chi connectivity index (χ0v) is 13.1. The molecule has 2 aromatic carbocycles. The molecule has 0 aliphatic rings. The monoisotopic (exact) mass is 353 g/mol. The fraction of sp³-hybridized carbons (Fsp3) is 0.143. The van der Waals surface area contributed by atoms with Crippen LogP contribution in [0.5, 0.6) is 5.75 Å². The van der Waals surface area contributed by atoms with E-state index in [2.05, 4.69) is 15.9 Å². The average Bonchev–Trinajstić information content (AvgIpc) is 2.46. The second kappa shape index (κ2) is 6.76. The van der Waals surface area contributed by atoms with Crippen molar-refractivity contribution >= 4 is 33.4 Å². The molecular weight excluding hydrogens is 342 g/mol. The third-order valence-electron chi connectivity index (χ3n) is 2.65. The molecule has 20 heavy (non-hydrogen) atoms. The summed E-state index contributed by atoms with van der Waals surface area (Å²) in [5.41, 5.74) is 1.00. The van der Waals surface area contributed by atoms with E-state index in [0.29, 0.717) is 10.2 Å². The molecule has 2 rings (SSSR count). The Morgan fingerprint density at radius 2 is 2.10 bits per heavy atom. The highest BCUT2D eigenvalue weighted by molar-refractivity contribution is 9.10. The lowest BCUT2D eigenvalue weighted by molar-refractivity contribution is -0.385. The lowest BCUT2D eigenvalue weighted by Crippen LogP contribution is -1.91. The number of nitrogens with zero attached hydrogens (tertiary/aromatic N) is 1. The third kappa shape index (κ3) is 3.74. The summed E-state index contributed by atoms with van der Waals surface area (Å²) in [6, 6.07) is 12.9. The fourth-order valence-corrected chi connectivity index (χ4v) is 2.92. The van der Waals surface area contributed by atoms with Crippen molar-refractivity contribution in [1.29, 1.82) is 0 Å². The number of thioether (sulfide) groups is 1. The van der Waals surface area contributed by atoms with Crippen molar-refractivity contribution in [2.24, 2.45) is 0 Å². The van der Waals surface area contributed by atoms with Crippen molar-refractivity contribution in [3.05, 3.63) is 62.6 Å². The zero-order chi connectivity index (χ0) is 14.5. The Morgan fingerprint density at radius 3 is 2.80 bits per heavy atom. The van der Waals surface area contributed by atoms with Gasteiger partial charge < -0.3 is 4.74 Å². The van der Waals surface area contributed by atoms with Gasteiger partial charge in [0.05, 0.1) is 16.5 Å². The van der Waals surface area contributed by atoms with Crippen LogP contribution in [0.25, 0.3) is 0 Å². The van der Waals surface area contributed by atoms with Gasteiger partial charge in [-0.05, 0) is 45.8 Å². The van der Waals surface area contributed by atoms with Gasteiger partial charge in [-0.2, -0.15) is 0 Å². The first-order valence-corrected chi connectivity index (χ1v) is 7.57. The molecule has 0 amide bonds. The number of hydrogen-bond donors (Lipinski definition) is 0. The van der Waals surface area contributed by atoms with Gasteiger partial charge in [-0.3, -0.25) is 10.1 Å². The van der Waals surface area contributed by atoms with E-state index in [0.717, 1.165) is 16.2 Å². The van der Waals surface area contributed by atoms with Crippen LogP contribution in [0.15, 0.2) is 51.8 Å². The fourth-order valence-electron chi connectivity index (χ4n) is 1.65. The average molecular weight is 354 g/mol. The third-order valence-corrected chi connectivity index (χ3v) is 4.39. The minimum atomic E-state index is -0.385. The van der Waals surface area contributed by atoms with Gasteiger partial charge in [0.25, 0.3) is 5.69 Å². The van der Waals surface area contributed by atoms with Crippen molar-refractivity contribution in [2.45, 2.75) is 10.6 Å². The van der Waals surface area contributed by atoms with Crippen LogP contribution in [0, 0.1) is 10.1 Å². The van der Waals surface area contributed by atoms with E-state index in [-0.39, 0.29) is 10.6 Å². The van der Waals surface area contributed by atoms with E-state index in [1.54, 1.807) is 31.0 Å². The highest BCUT2D eigenvalue weighted by atomic mass is 79.9. The second-order valence-corrected chi connectivity index (χ2v) is 5.91. The molecule has 0 fully saturated rings. The normalized spacial score (nSPS) is 10.3. The molecule has 0 unspecified atom stereocenters. The topological polar surface area (TPSA) is 52.4 Å². The summed E-state index contributed by atoms with van der Waals surface area (Å²) in [6.45, 7) is 0. The van der Waals surface area contributed by atoms with E-state index >= 15 is 0 Å². The van der Waals surface area contributed by atoms with Crippen LogP contribution >= 0.6 is 27.7 Å². The molecule has 0 saturated heterocycles. The maximum absolute atomic E-state index is 10.9. The van der Waals surface area contributed by atoms with Crippen molar-refractivity contribution in [1.82, 2.24) is 0 Å². The summed E-state index contributed by atoms with van der Waals surface area (Å²) < 4.78 is 5.66. The summed E-state index contributed by atoms with van der Waals surface area (Å²) >= 11 is 4.79. The molecule has 0 aromatic heterocycles. The van der Waals surface area contributed by atoms with E-state index < -0.39 is 0 Å². The predicted octanol–water partition coefficient (Wildman–Crippen LogP) is 4.66. The smallest absolute Gasteiger partial charge is 0.283 e. The summed E-state index contributed by atoms with van der Waals surface area (Å²) in [7, 11) is 1.63. The Bertz CT molecular complexity index is 634. The molecule has 4 nitrogen and oxygen atoms in total. The number of hydrogen-bond acceptors (Lipinski definition) is 4. The molecule has 0 spiro atoms. The van der Waals surface area contributed by atoms with Gasteiger partial charge >= 0.3 is 0 Å². The molecule has 0 heterocycles. The summed E-state index contributed by atoms with van der Waals surface area (Å²) in [4.78, 5) is 11.6. The molecule has 0 saturated carbocycles. The minimum Gasteiger partial charge on any atom is -0.497 e. The highest BCUT2D eigenvalue weighted by Crippen LogP contribution is 2.30. The maximum Gasteiger partial charge on any atom is 0.283 e.